The number of halogens is 2. The molecule has 0 saturated carbocycles. The summed E-state index contributed by atoms with van der Waals surface area (Å²) >= 11 is 5.78. The molecular formula is C13H18ClFN4O. The van der Waals surface area contributed by atoms with Gasteiger partial charge in [-0.05, 0) is 13.1 Å². The normalized spacial score (nSPS) is 17.1. The van der Waals surface area contributed by atoms with Crippen LogP contribution >= 0.6 is 11.6 Å². The summed E-state index contributed by atoms with van der Waals surface area (Å²) in [6.07, 6.45) is 0.989. The molecule has 20 heavy (non-hydrogen) atoms. The molecule has 1 amide bonds. The van der Waals surface area contributed by atoms with Crippen LogP contribution in [0, 0.1) is 5.82 Å². The molecule has 2 heterocycles. The Morgan fingerprint density at radius 2 is 2.15 bits per heavy atom. The zero-order valence-electron chi connectivity index (χ0n) is 11.4. The number of hydrogen-bond donors (Lipinski definition) is 1. The summed E-state index contributed by atoms with van der Waals surface area (Å²) < 4.78 is 13.0. The van der Waals surface area contributed by atoms with E-state index >= 15 is 0 Å². The van der Waals surface area contributed by atoms with E-state index in [9.17, 15) is 9.18 Å². The summed E-state index contributed by atoms with van der Waals surface area (Å²) in [4.78, 5) is 20.1. The number of nitrogens with one attached hydrogen (secondary N) is 1. The lowest BCUT2D eigenvalue weighted by Crippen LogP contribution is -2.46. The number of rotatable bonds is 4. The van der Waals surface area contributed by atoms with E-state index in [2.05, 4.69) is 27.1 Å². The molecule has 7 heteroatoms. The average Bonchev–Trinajstić information content (AvgIpc) is 2.43. The molecule has 1 fully saturated rings. The standard InChI is InChI=1S/C13H18ClFN4O/c1-18-4-6-19(7-5-18)3-2-16-13(20)11-8-10(15)9-17-12(11)14/h8-9H,2-7H2,1H3,(H,16,20). The number of pyridine rings is 1. The second kappa shape index (κ2) is 6.97. The second-order valence-electron chi connectivity index (χ2n) is 4.89. The Balaban J connectivity index is 1.79. The summed E-state index contributed by atoms with van der Waals surface area (Å²) in [5.41, 5.74) is 0.0741. The Labute approximate surface area is 122 Å². The van der Waals surface area contributed by atoms with Crippen LogP contribution in [0.3, 0.4) is 0 Å². The van der Waals surface area contributed by atoms with Crippen LogP contribution in [0.15, 0.2) is 12.3 Å². The number of piperazine rings is 1. The minimum atomic E-state index is -0.571. The van der Waals surface area contributed by atoms with Crippen LogP contribution in [0.5, 0.6) is 0 Å². The van der Waals surface area contributed by atoms with Gasteiger partial charge in [0.2, 0.25) is 0 Å². The van der Waals surface area contributed by atoms with Gasteiger partial charge < -0.3 is 10.2 Å². The van der Waals surface area contributed by atoms with E-state index in [4.69, 9.17) is 11.6 Å². The maximum Gasteiger partial charge on any atom is 0.254 e. The molecule has 0 aromatic carbocycles. The molecule has 5 nitrogen and oxygen atoms in total. The molecule has 0 unspecified atom stereocenters. The maximum absolute atomic E-state index is 13.0. The first-order chi connectivity index (χ1) is 9.56. The van der Waals surface area contributed by atoms with Crippen LogP contribution in [-0.4, -0.2) is 67.0 Å². The Bertz CT molecular complexity index is 477. The molecule has 0 atom stereocenters. The van der Waals surface area contributed by atoms with E-state index in [-0.39, 0.29) is 10.7 Å². The third kappa shape index (κ3) is 4.13. The lowest BCUT2D eigenvalue weighted by Gasteiger charge is -2.32. The minimum Gasteiger partial charge on any atom is -0.351 e. The highest BCUT2D eigenvalue weighted by atomic mass is 35.5. The van der Waals surface area contributed by atoms with E-state index in [0.717, 1.165) is 45.0 Å². The van der Waals surface area contributed by atoms with Gasteiger partial charge in [-0.2, -0.15) is 0 Å². The van der Waals surface area contributed by atoms with Crippen LogP contribution in [0.25, 0.3) is 0 Å². The zero-order valence-corrected chi connectivity index (χ0v) is 12.2. The molecular weight excluding hydrogens is 283 g/mol. The van der Waals surface area contributed by atoms with Crippen molar-refractivity contribution in [3.05, 3.63) is 28.8 Å². The molecule has 110 valence electrons. The van der Waals surface area contributed by atoms with E-state index < -0.39 is 11.7 Å². The van der Waals surface area contributed by atoms with Gasteiger partial charge in [-0.1, -0.05) is 11.6 Å². The Morgan fingerprint density at radius 1 is 1.45 bits per heavy atom. The SMILES string of the molecule is CN1CCN(CCNC(=O)c2cc(F)cnc2Cl)CC1. The van der Waals surface area contributed by atoms with Crippen molar-refractivity contribution in [2.75, 3.05) is 46.3 Å². The van der Waals surface area contributed by atoms with Gasteiger partial charge >= 0.3 is 0 Å². The molecule has 1 saturated heterocycles. The van der Waals surface area contributed by atoms with Crippen LogP contribution in [0.1, 0.15) is 10.4 Å². The van der Waals surface area contributed by atoms with Crippen molar-refractivity contribution in [1.29, 1.82) is 0 Å². The maximum atomic E-state index is 13.0. The first-order valence-electron chi connectivity index (χ1n) is 6.56. The largest absolute Gasteiger partial charge is 0.351 e. The summed E-state index contributed by atoms with van der Waals surface area (Å²) in [6, 6.07) is 1.10. The van der Waals surface area contributed by atoms with Gasteiger partial charge in [0.15, 0.2) is 0 Å². The number of nitrogens with zero attached hydrogens (tertiary/aromatic N) is 3. The summed E-state index contributed by atoms with van der Waals surface area (Å²) in [5, 5.41) is 2.76. The first kappa shape index (κ1) is 15.2. The number of carbonyl (C=O) groups is 1. The second-order valence-corrected chi connectivity index (χ2v) is 5.25. The van der Waals surface area contributed by atoms with Crippen molar-refractivity contribution in [3.8, 4) is 0 Å². The summed E-state index contributed by atoms with van der Waals surface area (Å²) in [7, 11) is 2.10. The van der Waals surface area contributed by atoms with Crippen LogP contribution in [0.2, 0.25) is 5.15 Å². The van der Waals surface area contributed by atoms with E-state index in [1.165, 1.54) is 0 Å². The lowest BCUT2D eigenvalue weighted by molar-refractivity contribution is 0.0940. The van der Waals surface area contributed by atoms with E-state index in [1.54, 1.807) is 0 Å². The van der Waals surface area contributed by atoms with Crippen molar-refractivity contribution < 1.29 is 9.18 Å². The number of hydrogen-bond acceptors (Lipinski definition) is 4. The number of aromatic nitrogens is 1. The van der Waals surface area contributed by atoms with Gasteiger partial charge in [0.1, 0.15) is 11.0 Å². The molecule has 1 aromatic heterocycles. The van der Waals surface area contributed by atoms with Crippen LogP contribution < -0.4 is 5.32 Å². The van der Waals surface area contributed by atoms with Crippen molar-refractivity contribution in [1.82, 2.24) is 20.1 Å². The predicted molar refractivity (Wildman–Crippen MR) is 75.5 cm³/mol. The van der Waals surface area contributed by atoms with E-state index in [1.807, 2.05) is 0 Å². The van der Waals surface area contributed by atoms with E-state index in [0.29, 0.717) is 6.54 Å². The molecule has 1 aliphatic heterocycles. The Hall–Kier alpha value is -1.24. The highest BCUT2D eigenvalue weighted by Crippen LogP contribution is 2.13. The van der Waals surface area contributed by atoms with Crippen LogP contribution in [-0.2, 0) is 0 Å². The molecule has 1 aliphatic rings. The zero-order chi connectivity index (χ0) is 14.5. The molecule has 1 aromatic rings. The molecule has 1 N–H and O–H groups in total. The Morgan fingerprint density at radius 3 is 2.85 bits per heavy atom. The number of carbonyl (C=O) groups excluding carboxylic acids is 1. The summed E-state index contributed by atoms with van der Waals surface area (Å²) in [5.74, 6) is -0.963. The lowest BCUT2D eigenvalue weighted by atomic mass is 10.2. The quantitative estimate of drug-likeness (QED) is 0.838. The smallest absolute Gasteiger partial charge is 0.254 e. The fourth-order valence-corrected chi connectivity index (χ4v) is 2.27. The Kier molecular flexibility index (Phi) is 5.28. The molecule has 0 aliphatic carbocycles. The number of amides is 1. The predicted octanol–water partition coefficient (Wildman–Crippen LogP) is 0.851. The van der Waals surface area contributed by atoms with Crippen molar-refractivity contribution in [2.45, 2.75) is 0 Å². The highest BCUT2D eigenvalue weighted by Gasteiger charge is 2.15. The van der Waals surface area contributed by atoms with Gasteiger partial charge in [-0.15, -0.1) is 0 Å². The molecule has 0 bridgehead atoms. The minimum absolute atomic E-state index is 0.0171. The van der Waals surface area contributed by atoms with Gasteiger partial charge in [0.25, 0.3) is 5.91 Å². The fourth-order valence-electron chi connectivity index (χ4n) is 2.08. The monoisotopic (exact) mass is 300 g/mol. The van der Waals surface area contributed by atoms with Crippen molar-refractivity contribution in [2.24, 2.45) is 0 Å². The highest BCUT2D eigenvalue weighted by molar-refractivity contribution is 6.32. The third-order valence-corrected chi connectivity index (χ3v) is 3.66. The first-order valence-corrected chi connectivity index (χ1v) is 6.94. The number of likely N-dealkylation sites (N-methyl/N-ethyl adjacent to an activating group) is 1. The fraction of sp³-hybridized carbons (Fsp3) is 0.538. The van der Waals surface area contributed by atoms with Gasteiger partial charge in [0.05, 0.1) is 11.8 Å². The van der Waals surface area contributed by atoms with Crippen molar-refractivity contribution >= 4 is 17.5 Å². The van der Waals surface area contributed by atoms with Gasteiger partial charge in [0, 0.05) is 39.3 Å². The molecule has 0 radical (unpaired) electrons. The topological polar surface area (TPSA) is 48.5 Å². The third-order valence-electron chi connectivity index (χ3n) is 3.36. The molecule has 2 rings (SSSR count). The average molecular weight is 301 g/mol. The van der Waals surface area contributed by atoms with Gasteiger partial charge in [-0.25, -0.2) is 9.37 Å². The van der Waals surface area contributed by atoms with Crippen LogP contribution in [0.4, 0.5) is 4.39 Å². The summed E-state index contributed by atoms with van der Waals surface area (Å²) in [6.45, 7) is 5.35. The molecule has 0 spiro atoms. The van der Waals surface area contributed by atoms with Crippen molar-refractivity contribution in [3.63, 3.8) is 0 Å². The van der Waals surface area contributed by atoms with Gasteiger partial charge in [-0.3, -0.25) is 9.69 Å².